The quantitative estimate of drug-likeness (QED) is 0.703. The van der Waals surface area contributed by atoms with Gasteiger partial charge in [-0.3, -0.25) is 14.4 Å². The Morgan fingerprint density at radius 2 is 2.04 bits per heavy atom. The lowest BCUT2D eigenvalue weighted by Gasteiger charge is -2.07. The van der Waals surface area contributed by atoms with Crippen molar-refractivity contribution in [3.05, 3.63) is 50.6 Å². The summed E-state index contributed by atoms with van der Waals surface area (Å²) in [4.78, 5) is 43.4. The number of hydrogen-bond donors (Lipinski definition) is 1. The minimum Gasteiger partial charge on any atom is -0.344 e. The van der Waals surface area contributed by atoms with Gasteiger partial charge in [-0.25, -0.2) is 9.67 Å². The molecule has 0 aliphatic rings. The third-order valence-electron chi connectivity index (χ3n) is 3.58. The second-order valence-electron chi connectivity index (χ2n) is 5.87. The van der Waals surface area contributed by atoms with E-state index in [1.54, 1.807) is 27.1 Å². The highest BCUT2D eigenvalue weighted by Gasteiger charge is 2.18. The highest BCUT2D eigenvalue weighted by molar-refractivity contribution is 7.17. The lowest BCUT2D eigenvalue weighted by molar-refractivity contribution is -0.117. The van der Waals surface area contributed by atoms with Crippen molar-refractivity contribution in [1.29, 1.82) is 0 Å². The molecule has 0 radical (unpaired) electrons. The number of nitrogens with one attached hydrogen (secondary N) is 1. The van der Waals surface area contributed by atoms with E-state index in [4.69, 9.17) is 0 Å². The van der Waals surface area contributed by atoms with E-state index < -0.39 is 5.91 Å². The number of anilines is 1. The summed E-state index contributed by atoms with van der Waals surface area (Å²) >= 11 is 2.60. The third-order valence-corrected chi connectivity index (χ3v) is 5.53. The van der Waals surface area contributed by atoms with Crippen molar-refractivity contribution in [3.8, 4) is 10.6 Å². The number of nitrogens with zero attached hydrogens (tertiary/aromatic N) is 4. The van der Waals surface area contributed by atoms with Gasteiger partial charge < -0.3 is 10.2 Å². The molecule has 0 saturated carbocycles. The number of rotatable bonds is 5. The zero-order chi connectivity index (χ0) is 19.6. The van der Waals surface area contributed by atoms with Crippen LogP contribution in [0.1, 0.15) is 15.4 Å². The summed E-state index contributed by atoms with van der Waals surface area (Å²) in [5, 5.41) is 9.10. The molecule has 8 nitrogen and oxygen atoms in total. The maximum atomic E-state index is 12.3. The van der Waals surface area contributed by atoms with E-state index in [1.165, 1.54) is 22.3 Å². The zero-order valence-electron chi connectivity index (χ0n) is 14.9. The van der Waals surface area contributed by atoms with Crippen LogP contribution in [0.5, 0.6) is 0 Å². The van der Waals surface area contributed by atoms with Gasteiger partial charge in [0.05, 0.1) is 10.6 Å². The van der Waals surface area contributed by atoms with E-state index in [-0.39, 0.29) is 18.0 Å². The first-order valence-corrected chi connectivity index (χ1v) is 9.65. The zero-order valence-corrected chi connectivity index (χ0v) is 16.6. The van der Waals surface area contributed by atoms with Crippen LogP contribution in [0.15, 0.2) is 34.4 Å². The first kappa shape index (κ1) is 18.9. The van der Waals surface area contributed by atoms with Crippen LogP contribution in [0.25, 0.3) is 10.6 Å². The van der Waals surface area contributed by atoms with Crippen LogP contribution >= 0.6 is 22.7 Å². The Labute approximate surface area is 163 Å². The van der Waals surface area contributed by atoms with Crippen molar-refractivity contribution < 1.29 is 9.59 Å². The molecule has 0 bridgehead atoms. The van der Waals surface area contributed by atoms with Crippen molar-refractivity contribution >= 4 is 39.6 Å². The number of carbonyl (C=O) groups excluding carboxylic acids is 2. The van der Waals surface area contributed by atoms with Crippen molar-refractivity contribution in [3.63, 3.8) is 0 Å². The third kappa shape index (κ3) is 4.29. The Bertz CT molecular complexity index is 1040. The van der Waals surface area contributed by atoms with Crippen LogP contribution in [0.3, 0.4) is 0 Å². The number of aryl methyl sites for hydroxylation is 1. The first-order chi connectivity index (χ1) is 12.8. The SMILES string of the molecule is Cc1nc(NC(=O)Cn2nc(-c3cccs3)ccc2=O)sc1C(=O)N(C)C. The number of carbonyl (C=O) groups is 2. The predicted molar refractivity (Wildman–Crippen MR) is 105 cm³/mol. The molecule has 0 fully saturated rings. The van der Waals surface area contributed by atoms with E-state index in [9.17, 15) is 14.4 Å². The van der Waals surface area contributed by atoms with Crippen molar-refractivity contribution in [1.82, 2.24) is 19.7 Å². The van der Waals surface area contributed by atoms with Gasteiger partial charge in [0, 0.05) is 20.2 Å². The summed E-state index contributed by atoms with van der Waals surface area (Å²) in [6.07, 6.45) is 0. The molecular formula is C17H17N5O3S2. The summed E-state index contributed by atoms with van der Waals surface area (Å²) in [6, 6.07) is 6.80. The van der Waals surface area contributed by atoms with E-state index in [0.717, 1.165) is 20.9 Å². The van der Waals surface area contributed by atoms with E-state index in [0.29, 0.717) is 21.4 Å². The van der Waals surface area contributed by atoms with Gasteiger partial charge in [-0.15, -0.1) is 11.3 Å². The Morgan fingerprint density at radius 1 is 1.26 bits per heavy atom. The molecule has 10 heteroatoms. The molecule has 0 aliphatic carbocycles. The topological polar surface area (TPSA) is 97.2 Å². The number of aromatic nitrogens is 3. The van der Waals surface area contributed by atoms with Gasteiger partial charge in [0.15, 0.2) is 5.13 Å². The lowest BCUT2D eigenvalue weighted by atomic mass is 10.3. The van der Waals surface area contributed by atoms with Crippen LogP contribution in [0.4, 0.5) is 5.13 Å². The van der Waals surface area contributed by atoms with Crippen LogP contribution in [0, 0.1) is 6.92 Å². The highest BCUT2D eigenvalue weighted by Crippen LogP contribution is 2.24. The van der Waals surface area contributed by atoms with Crippen molar-refractivity contribution in [2.75, 3.05) is 19.4 Å². The predicted octanol–water partition coefficient (Wildman–Crippen LogP) is 2.08. The summed E-state index contributed by atoms with van der Waals surface area (Å²) in [5.74, 6) is -0.613. The minimum atomic E-state index is -0.439. The van der Waals surface area contributed by atoms with Gasteiger partial charge in [0.1, 0.15) is 17.1 Å². The van der Waals surface area contributed by atoms with Gasteiger partial charge in [-0.05, 0) is 24.4 Å². The molecule has 2 amide bonds. The molecular weight excluding hydrogens is 386 g/mol. The van der Waals surface area contributed by atoms with Gasteiger partial charge in [0.2, 0.25) is 5.91 Å². The summed E-state index contributed by atoms with van der Waals surface area (Å²) < 4.78 is 1.11. The molecule has 0 aliphatic heterocycles. The van der Waals surface area contributed by atoms with Crippen LogP contribution in [-0.4, -0.2) is 45.6 Å². The second-order valence-corrected chi connectivity index (χ2v) is 7.82. The maximum Gasteiger partial charge on any atom is 0.267 e. The fourth-order valence-electron chi connectivity index (χ4n) is 2.26. The van der Waals surface area contributed by atoms with E-state index in [2.05, 4.69) is 15.4 Å². The molecule has 0 unspecified atom stereocenters. The molecule has 0 spiro atoms. The fourth-order valence-corrected chi connectivity index (χ4v) is 3.96. The Kier molecular flexibility index (Phi) is 5.47. The smallest absolute Gasteiger partial charge is 0.267 e. The highest BCUT2D eigenvalue weighted by atomic mass is 32.1. The van der Waals surface area contributed by atoms with Crippen molar-refractivity contribution in [2.24, 2.45) is 0 Å². The normalized spacial score (nSPS) is 10.6. The molecule has 3 heterocycles. The number of amides is 2. The monoisotopic (exact) mass is 403 g/mol. The van der Waals surface area contributed by atoms with Crippen LogP contribution < -0.4 is 10.9 Å². The summed E-state index contributed by atoms with van der Waals surface area (Å²) in [6.45, 7) is 1.47. The van der Waals surface area contributed by atoms with Gasteiger partial charge >= 0.3 is 0 Å². The number of hydrogen-bond acceptors (Lipinski definition) is 7. The maximum absolute atomic E-state index is 12.3. The first-order valence-electron chi connectivity index (χ1n) is 7.96. The van der Waals surface area contributed by atoms with E-state index in [1.807, 2.05) is 17.5 Å². The number of thiazole rings is 1. The van der Waals surface area contributed by atoms with Gasteiger partial charge in [0.25, 0.3) is 11.5 Å². The Balaban J connectivity index is 1.75. The standard InChI is InChI=1S/C17H17N5O3S2/c1-10-15(16(25)21(2)3)27-17(18-10)19-13(23)9-22-14(24)7-6-11(20-22)12-5-4-8-26-12/h4-8H,9H2,1-3H3,(H,18,19,23). The largest absolute Gasteiger partial charge is 0.344 e. The molecule has 0 atom stereocenters. The molecule has 0 saturated heterocycles. The Hall–Kier alpha value is -2.85. The molecule has 140 valence electrons. The molecule has 1 N–H and O–H groups in total. The van der Waals surface area contributed by atoms with E-state index >= 15 is 0 Å². The average Bonchev–Trinajstić information content (AvgIpc) is 3.26. The molecule has 3 aromatic heterocycles. The van der Waals surface area contributed by atoms with Gasteiger partial charge in [-0.1, -0.05) is 17.4 Å². The van der Waals surface area contributed by atoms with Crippen molar-refractivity contribution in [2.45, 2.75) is 13.5 Å². The molecule has 3 aromatic rings. The van der Waals surface area contributed by atoms with Gasteiger partial charge in [-0.2, -0.15) is 5.10 Å². The molecule has 3 rings (SSSR count). The molecule has 27 heavy (non-hydrogen) atoms. The summed E-state index contributed by atoms with van der Waals surface area (Å²) in [5.41, 5.74) is 0.801. The summed E-state index contributed by atoms with van der Waals surface area (Å²) in [7, 11) is 3.30. The Morgan fingerprint density at radius 3 is 2.70 bits per heavy atom. The fraction of sp³-hybridized carbons (Fsp3) is 0.235. The molecule has 0 aromatic carbocycles. The number of thiophene rings is 1. The minimum absolute atomic E-state index is 0.174. The van der Waals surface area contributed by atoms with Crippen LogP contribution in [-0.2, 0) is 11.3 Å². The average molecular weight is 403 g/mol. The second kappa shape index (κ2) is 7.80. The lowest BCUT2D eigenvalue weighted by Crippen LogP contribution is -2.29. The van der Waals surface area contributed by atoms with Crippen LogP contribution in [0.2, 0.25) is 0 Å².